The first-order valence-electron chi connectivity index (χ1n) is 5.49. The maximum absolute atomic E-state index is 12.2. The van der Waals surface area contributed by atoms with Crippen molar-refractivity contribution < 1.29 is 13.6 Å². The third-order valence-corrected chi connectivity index (χ3v) is 6.56. The summed E-state index contributed by atoms with van der Waals surface area (Å²) in [5.74, 6) is 0.385. The third-order valence-electron chi connectivity index (χ3n) is 2.00. The molecule has 0 aliphatic rings. The molecule has 0 bridgehead atoms. The summed E-state index contributed by atoms with van der Waals surface area (Å²) < 4.78 is 22.6. The summed E-state index contributed by atoms with van der Waals surface area (Å²) in [5, 5.41) is 1.10. The summed E-state index contributed by atoms with van der Waals surface area (Å²) in [6.45, 7) is 1.09. The van der Waals surface area contributed by atoms with Gasteiger partial charge in [-0.15, -0.1) is 0 Å². The second-order valence-corrected chi connectivity index (χ2v) is 8.14. The second kappa shape index (κ2) is 7.78. The van der Waals surface area contributed by atoms with Gasteiger partial charge >= 0.3 is 6.80 Å². The molecule has 1 aromatic carbocycles. The second-order valence-electron chi connectivity index (χ2n) is 3.26. The van der Waals surface area contributed by atoms with Crippen molar-refractivity contribution in [1.29, 1.82) is 0 Å². The molecule has 0 saturated carbocycles. The quantitative estimate of drug-likeness (QED) is 0.627. The Morgan fingerprint density at radius 3 is 2.11 bits per heavy atom. The maximum Gasteiger partial charge on any atom is 0.389 e. The van der Waals surface area contributed by atoms with Crippen molar-refractivity contribution in [3.8, 4) is 0 Å². The molecule has 0 amide bonds. The van der Waals surface area contributed by atoms with Crippen LogP contribution in [-0.4, -0.2) is 13.2 Å². The van der Waals surface area contributed by atoms with Crippen LogP contribution in [-0.2, 0) is 19.4 Å². The molecule has 0 N–H and O–H groups in total. The number of halogens is 2. The lowest BCUT2D eigenvalue weighted by atomic mass is 10.2. The van der Waals surface area contributed by atoms with Crippen LogP contribution in [0.25, 0.3) is 0 Å². The lowest BCUT2D eigenvalue weighted by Crippen LogP contribution is -1.93. The normalized spacial score (nSPS) is 11.8. The molecule has 0 heterocycles. The number of rotatable bonds is 7. The molecule has 0 fully saturated rings. The average Bonchev–Trinajstić information content (AvgIpc) is 2.29. The molecule has 102 valence electrons. The van der Waals surface area contributed by atoms with Gasteiger partial charge in [0.05, 0.1) is 13.2 Å². The van der Waals surface area contributed by atoms with Crippen molar-refractivity contribution in [2.45, 2.75) is 19.6 Å². The largest absolute Gasteiger partial charge is 0.389 e. The van der Waals surface area contributed by atoms with Crippen molar-refractivity contribution in [3.63, 3.8) is 0 Å². The van der Waals surface area contributed by atoms with Gasteiger partial charge in [-0.05, 0) is 42.9 Å². The number of benzene rings is 1. The molecular formula is C11H15Cl2O3PS. The van der Waals surface area contributed by atoms with E-state index in [2.05, 4.69) is 0 Å². The van der Waals surface area contributed by atoms with Crippen LogP contribution in [0, 0.1) is 0 Å². The molecule has 1 rings (SSSR count). The fourth-order valence-electron chi connectivity index (χ4n) is 1.24. The van der Waals surface area contributed by atoms with Gasteiger partial charge in [0.15, 0.2) is 0 Å². The highest BCUT2D eigenvalue weighted by Crippen LogP contribution is 2.62. The van der Waals surface area contributed by atoms with E-state index < -0.39 is 6.80 Å². The van der Waals surface area contributed by atoms with Crippen molar-refractivity contribution in [2.24, 2.45) is 0 Å². The summed E-state index contributed by atoms with van der Waals surface area (Å²) in [7, 11) is 0. The summed E-state index contributed by atoms with van der Waals surface area (Å²) >= 11 is 13.2. The summed E-state index contributed by atoms with van der Waals surface area (Å²) in [5.41, 5.74) is 0.741. The minimum absolute atomic E-state index is 0.334. The van der Waals surface area contributed by atoms with E-state index in [1.807, 2.05) is 0 Å². The highest BCUT2D eigenvalue weighted by Gasteiger charge is 2.25. The van der Waals surface area contributed by atoms with Gasteiger partial charge in [-0.25, -0.2) is 4.57 Å². The maximum atomic E-state index is 12.2. The Kier molecular flexibility index (Phi) is 7.07. The molecule has 0 aliphatic heterocycles. The van der Waals surface area contributed by atoms with Gasteiger partial charge in [0, 0.05) is 15.8 Å². The van der Waals surface area contributed by atoms with E-state index in [9.17, 15) is 4.57 Å². The molecule has 0 spiro atoms. The van der Waals surface area contributed by atoms with E-state index in [1.165, 1.54) is 0 Å². The van der Waals surface area contributed by atoms with Crippen LogP contribution >= 0.6 is 41.4 Å². The van der Waals surface area contributed by atoms with Crippen LogP contribution in [0.15, 0.2) is 18.2 Å². The monoisotopic (exact) mass is 328 g/mol. The van der Waals surface area contributed by atoms with Crippen LogP contribution in [0.3, 0.4) is 0 Å². The topological polar surface area (TPSA) is 35.5 Å². The first-order chi connectivity index (χ1) is 8.52. The van der Waals surface area contributed by atoms with Crippen LogP contribution in [0.2, 0.25) is 10.0 Å². The molecule has 3 nitrogen and oxygen atoms in total. The van der Waals surface area contributed by atoms with Gasteiger partial charge in [0.1, 0.15) is 0 Å². The van der Waals surface area contributed by atoms with E-state index in [0.717, 1.165) is 16.9 Å². The standard InChI is InChI=1S/C11H15Cl2O3PS/c1-3-15-17(14,16-4-2)18-8-9-10(12)6-5-7-11(9)13/h5-7H,3-4,8H2,1-2H3. The van der Waals surface area contributed by atoms with Gasteiger partial charge in [0.2, 0.25) is 0 Å². The third kappa shape index (κ3) is 4.76. The molecule has 0 aromatic heterocycles. The van der Waals surface area contributed by atoms with E-state index in [-0.39, 0.29) is 0 Å². The summed E-state index contributed by atoms with van der Waals surface area (Å²) in [6.07, 6.45) is 0. The molecule has 18 heavy (non-hydrogen) atoms. The van der Waals surface area contributed by atoms with Gasteiger partial charge < -0.3 is 9.05 Å². The molecule has 0 radical (unpaired) electrons. The van der Waals surface area contributed by atoms with Crippen LogP contribution in [0.1, 0.15) is 19.4 Å². The first kappa shape index (κ1) is 16.4. The molecule has 7 heteroatoms. The highest BCUT2D eigenvalue weighted by atomic mass is 35.5. The van der Waals surface area contributed by atoms with E-state index in [4.69, 9.17) is 32.2 Å². The lowest BCUT2D eigenvalue weighted by molar-refractivity contribution is 0.237. The van der Waals surface area contributed by atoms with Gasteiger partial charge in [-0.3, -0.25) is 0 Å². The molecule has 0 atom stereocenters. The van der Waals surface area contributed by atoms with E-state index in [1.54, 1.807) is 32.0 Å². The predicted molar refractivity (Wildman–Crippen MR) is 78.6 cm³/mol. The van der Waals surface area contributed by atoms with Crippen molar-refractivity contribution >= 4 is 41.4 Å². The SMILES string of the molecule is CCOP(=O)(OCC)SCc1c(Cl)cccc1Cl. The Morgan fingerprint density at radius 2 is 1.67 bits per heavy atom. The average molecular weight is 329 g/mol. The summed E-state index contributed by atoms with van der Waals surface area (Å²) in [6, 6.07) is 5.26. The van der Waals surface area contributed by atoms with Crippen molar-refractivity contribution in [1.82, 2.24) is 0 Å². The fraction of sp³-hybridized carbons (Fsp3) is 0.455. The molecule has 1 aromatic rings. The van der Waals surface area contributed by atoms with Crippen molar-refractivity contribution in [3.05, 3.63) is 33.8 Å². The predicted octanol–water partition coefficient (Wildman–Crippen LogP) is 5.41. The van der Waals surface area contributed by atoms with Gasteiger partial charge in [-0.2, -0.15) is 0 Å². The Hall–Kier alpha value is 0.300. The Bertz CT molecular complexity index is 412. The van der Waals surface area contributed by atoms with Crippen LogP contribution < -0.4 is 0 Å². The Morgan fingerprint density at radius 1 is 1.17 bits per heavy atom. The number of hydrogen-bond donors (Lipinski definition) is 0. The zero-order valence-corrected chi connectivity index (χ0v) is 13.4. The van der Waals surface area contributed by atoms with Crippen molar-refractivity contribution in [2.75, 3.05) is 13.2 Å². The van der Waals surface area contributed by atoms with Gasteiger partial charge in [0.25, 0.3) is 0 Å². The highest BCUT2D eigenvalue weighted by molar-refractivity contribution is 8.54. The summed E-state index contributed by atoms with van der Waals surface area (Å²) in [4.78, 5) is 0. The minimum Gasteiger partial charge on any atom is -0.301 e. The Labute approximate surface area is 121 Å². The van der Waals surface area contributed by atoms with Crippen LogP contribution in [0.4, 0.5) is 0 Å². The number of hydrogen-bond acceptors (Lipinski definition) is 4. The van der Waals surface area contributed by atoms with Crippen LogP contribution in [0.5, 0.6) is 0 Å². The molecule has 0 saturated heterocycles. The smallest absolute Gasteiger partial charge is 0.301 e. The van der Waals surface area contributed by atoms with E-state index >= 15 is 0 Å². The lowest BCUT2D eigenvalue weighted by Gasteiger charge is -2.16. The fourth-order valence-corrected chi connectivity index (χ4v) is 5.33. The van der Waals surface area contributed by atoms with Gasteiger partial charge in [-0.1, -0.05) is 29.3 Å². The zero-order chi connectivity index (χ0) is 13.6. The molecular weight excluding hydrogens is 314 g/mol. The Balaban J connectivity index is 2.76. The molecule has 0 aliphatic carbocycles. The van der Waals surface area contributed by atoms with E-state index in [0.29, 0.717) is 29.0 Å². The first-order valence-corrected chi connectivity index (χ1v) is 9.38. The minimum atomic E-state index is -3.13. The molecule has 0 unspecified atom stereocenters. The zero-order valence-electron chi connectivity index (χ0n) is 10.2.